The molecule has 2 fully saturated rings. The normalized spacial score (nSPS) is 22.7. The number of hydrogen-bond donors (Lipinski definition) is 1. The minimum absolute atomic E-state index is 0. The lowest BCUT2D eigenvalue weighted by molar-refractivity contribution is -0.0320. The van der Waals surface area contributed by atoms with Crippen molar-refractivity contribution in [3.63, 3.8) is 0 Å². The Kier molecular flexibility index (Phi) is 12.0. The van der Waals surface area contributed by atoms with Crippen LogP contribution in [-0.4, -0.2) is 88.0 Å². The monoisotopic (exact) mass is 468 g/mol. The van der Waals surface area contributed by atoms with Crippen LogP contribution in [0.3, 0.4) is 0 Å². The van der Waals surface area contributed by atoms with Crippen molar-refractivity contribution in [2.45, 2.75) is 51.2 Å². The molecule has 1 unspecified atom stereocenters. The van der Waals surface area contributed by atoms with Crippen molar-refractivity contribution < 1.29 is 9.47 Å². The largest absolute Gasteiger partial charge is 0.381 e. The summed E-state index contributed by atoms with van der Waals surface area (Å²) in [6.07, 6.45) is 6.09. The molecule has 0 saturated carbocycles. The van der Waals surface area contributed by atoms with Crippen molar-refractivity contribution in [1.29, 1.82) is 0 Å². The molecule has 2 heterocycles. The van der Waals surface area contributed by atoms with E-state index in [2.05, 4.69) is 34.1 Å². The molecule has 25 heavy (non-hydrogen) atoms. The van der Waals surface area contributed by atoms with Crippen molar-refractivity contribution in [1.82, 2.24) is 15.1 Å². The lowest BCUT2D eigenvalue weighted by atomic mass is 10.1. The molecule has 2 aliphatic heterocycles. The van der Waals surface area contributed by atoms with Gasteiger partial charge in [0.25, 0.3) is 0 Å². The number of halogens is 1. The fourth-order valence-corrected chi connectivity index (χ4v) is 3.67. The lowest BCUT2D eigenvalue weighted by Crippen LogP contribution is -2.46. The highest BCUT2D eigenvalue weighted by atomic mass is 127. The molecule has 0 bridgehead atoms. The fraction of sp³-hybridized carbons (Fsp3) is 0.944. The Balaban J connectivity index is 0.00000312. The first-order valence-electron chi connectivity index (χ1n) is 9.59. The van der Waals surface area contributed by atoms with Crippen LogP contribution in [0.1, 0.15) is 39.0 Å². The second kappa shape index (κ2) is 13.1. The zero-order chi connectivity index (χ0) is 17.2. The SMILES string of the molecule is CCN1CCCC1CN(C)C(=NC)NCCCOC1CCOCC1.I. The van der Waals surface area contributed by atoms with Gasteiger partial charge in [-0.3, -0.25) is 9.89 Å². The first-order chi connectivity index (χ1) is 11.7. The zero-order valence-electron chi connectivity index (χ0n) is 16.2. The molecule has 0 aromatic carbocycles. The van der Waals surface area contributed by atoms with Gasteiger partial charge in [-0.25, -0.2) is 0 Å². The van der Waals surface area contributed by atoms with E-state index in [9.17, 15) is 0 Å². The average molecular weight is 468 g/mol. The molecule has 7 heteroatoms. The molecule has 0 aromatic rings. The summed E-state index contributed by atoms with van der Waals surface area (Å²) in [4.78, 5) is 9.26. The summed E-state index contributed by atoms with van der Waals surface area (Å²) in [5.74, 6) is 0.990. The summed E-state index contributed by atoms with van der Waals surface area (Å²) in [6, 6.07) is 0.662. The number of rotatable bonds is 8. The third-order valence-electron chi connectivity index (χ3n) is 5.09. The Hall–Kier alpha value is -0.120. The molecule has 0 spiro atoms. The molecule has 0 amide bonds. The maximum atomic E-state index is 5.91. The van der Waals surface area contributed by atoms with Crippen LogP contribution in [0.15, 0.2) is 4.99 Å². The molecule has 2 rings (SSSR count). The maximum absolute atomic E-state index is 5.91. The standard InChI is InChI=1S/C18H36N4O2.HI/c1-4-22-11-5-7-16(22)15-21(3)18(19-2)20-10-6-12-24-17-8-13-23-14-9-17;/h16-17H,4-15H2,1-3H3,(H,19,20);1H. The minimum atomic E-state index is 0. The van der Waals surface area contributed by atoms with Gasteiger partial charge in [0.05, 0.1) is 6.10 Å². The van der Waals surface area contributed by atoms with Crippen LogP contribution in [-0.2, 0) is 9.47 Å². The molecule has 6 nitrogen and oxygen atoms in total. The second-order valence-corrected chi connectivity index (χ2v) is 6.82. The van der Waals surface area contributed by atoms with Gasteiger partial charge in [-0.15, -0.1) is 24.0 Å². The van der Waals surface area contributed by atoms with Crippen LogP contribution in [0.5, 0.6) is 0 Å². The van der Waals surface area contributed by atoms with Gasteiger partial charge in [0.2, 0.25) is 0 Å². The van der Waals surface area contributed by atoms with Gasteiger partial charge in [0.1, 0.15) is 0 Å². The minimum Gasteiger partial charge on any atom is -0.381 e. The van der Waals surface area contributed by atoms with Gasteiger partial charge in [-0.1, -0.05) is 6.92 Å². The molecule has 0 aromatic heterocycles. The predicted octanol–water partition coefficient (Wildman–Crippen LogP) is 2.18. The number of nitrogens with one attached hydrogen (secondary N) is 1. The Bertz CT molecular complexity index is 378. The number of nitrogens with zero attached hydrogens (tertiary/aromatic N) is 3. The first-order valence-corrected chi connectivity index (χ1v) is 9.59. The van der Waals surface area contributed by atoms with Crippen LogP contribution < -0.4 is 5.32 Å². The van der Waals surface area contributed by atoms with E-state index in [1.807, 2.05) is 7.05 Å². The fourth-order valence-electron chi connectivity index (χ4n) is 3.67. The quantitative estimate of drug-likeness (QED) is 0.256. The molecule has 1 atom stereocenters. The highest BCUT2D eigenvalue weighted by Gasteiger charge is 2.24. The summed E-state index contributed by atoms with van der Waals surface area (Å²) >= 11 is 0. The highest BCUT2D eigenvalue weighted by Crippen LogP contribution is 2.17. The van der Waals surface area contributed by atoms with Crippen LogP contribution >= 0.6 is 24.0 Å². The van der Waals surface area contributed by atoms with Crippen molar-refractivity contribution in [3.05, 3.63) is 0 Å². The third-order valence-corrected chi connectivity index (χ3v) is 5.09. The third kappa shape index (κ3) is 7.97. The molecular formula is C18H37IN4O2. The van der Waals surface area contributed by atoms with E-state index in [1.54, 1.807) is 0 Å². The number of aliphatic imine (C=N–C) groups is 1. The van der Waals surface area contributed by atoms with Crippen LogP contribution in [0.25, 0.3) is 0 Å². The van der Waals surface area contributed by atoms with Crippen molar-refractivity contribution >= 4 is 29.9 Å². The Morgan fingerprint density at radius 1 is 1.32 bits per heavy atom. The van der Waals surface area contributed by atoms with E-state index in [-0.39, 0.29) is 24.0 Å². The zero-order valence-corrected chi connectivity index (χ0v) is 18.5. The van der Waals surface area contributed by atoms with Gasteiger partial charge < -0.3 is 19.7 Å². The van der Waals surface area contributed by atoms with E-state index in [4.69, 9.17) is 9.47 Å². The molecule has 0 radical (unpaired) electrons. The van der Waals surface area contributed by atoms with Crippen LogP contribution in [0.4, 0.5) is 0 Å². The van der Waals surface area contributed by atoms with E-state index < -0.39 is 0 Å². The Morgan fingerprint density at radius 2 is 2.08 bits per heavy atom. The second-order valence-electron chi connectivity index (χ2n) is 6.82. The smallest absolute Gasteiger partial charge is 0.193 e. The molecule has 1 N–H and O–H groups in total. The summed E-state index contributed by atoms with van der Waals surface area (Å²) in [7, 11) is 4.00. The molecule has 0 aliphatic carbocycles. The lowest BCUT2D eigenvalue weighted by Gasteiger charge is -2.29. The summed E-state index contributed by atoms with van der Waals surface area (Å²) < 4.78 is 11.3. The average Bonchev–Trinajstić information content (AvgIpc) is 3.06. The van der Waals surface area contributed by atoms with Crippen LogP contribution in [0, 0.1) is 0 Å². The van der Waals surface area contributed by atoms with E-state index in [0.717, 1.165) is 64.7 Å². The Labute approximate surface area is 170 Å². The van der Waals surface area contributed by atoms with E-state index >= 15 is 0 Å². The van der Waals surface area contributed by atoms with E-state index in [1.165, 1.54) is 19.4 Å². The van der Waals surface area contributed by atoms with Gasteiger partial charge in [0.15, 0.2) is 5.96 Å². The van der Waals surface area contributed by atoms with Gasteiger partial charge in [0, 0.05) is 53.0 Å². The van der Waals surface area contributed by atoms with Gasteiger partial charge >= 0.3 is 0 Å². The molecule has 148 valence electrons. The van der Waals surface area contributed by atoms with Crippen molar-refractivity contribution in [2.24, 2.45) is 4.99 Å². The maximum Gasteiger partial charge on any atom is 0.193 e. The summed E-state index contributed by atoms with van der Waals surface area (Å²) in [5.41, 5.74) is 0. The number of hydrogen-bond acceptors (Lipinski definition) is 4. The summed E-state index contributed by atoms with van der Waals surface area (Å²) in [5, 5.41) is 3.47. The van der Waals surface area contributed by atoms with Gasteiger partial charge in [-0.05, 0) is 45.2 Å². The Morgan fingerprint density at radius 3 is 2.76 bits per heavy atom. The predicted molar refractivity (Wildman–Crippen MR) is 114 cm³/mol. The topological polar surface area (TPSA) is 49.3 Å². The number of ether oxygens (including phenoxy) is 2. The van der Waals surface area contributed by atoms with Crippen molar-refractivity contribution in [3.8, 4) is 0 Å². The van der Waals surface area contributed by atoms with Crippen molar-refractivity contribution in [2.75, 3.05) is 60.1 Å². The first kappa shape index (κ1) is 22.9. The number of likely N-dealkylation sites (N-methyl/N-ethyl adjacent to an activating group) is 2. The van der Waals surface area contributed by atoms with Gasteiger partial charge in [-0.2, -0.15) is 0 Å². The molecule has 2 aliphatic rings. The highest BCUT2D eigenvalue weighted by molar-refractivity contribution is 14.0. The molecule has 2 saturated heterocycles. The number of guanidine groups is 1. The number of likely N-dealkylation sites (tertiary alicyclic amines) is 1. The van der Waals surface area contributed by atoms with E-state index in [0.29, 0.717) is 12.1 Å². The summed E-state index contributed by atoms with van der Waals surface area (Å²) in [6.45, 7) is 9.09. The van der Waals surface area contributed by atoms with Crippen LogP contribution in [0.2, 0.25) is 0 Å². The molecular weight excluding hydrogens is 431 g/mol.